The van der Waals surface area contributed by atoms with Crippen molar-refractivity contribution >= 4 is 47.2 Å². The second-order valence-corrected chi connectivity index (χ2v) is 6.39. The highest BCUT2D eigenvalue weighted by Crippen LogP contribution is 2.17. The summed E-state index contributed by atoms with van der Waals surface area (Å²) in [6, 6.07) is 16.5. The lowest BCUT2D eigenvalue weighted by atomic mass is 10.2. The molecule has 0 fully saturated rings. The molecule has 2 N–H and O–H groups in total. The van der Waals surface area contributed by atoms with Gasteiger partial charge in [0.1, 0.15) is 0 Å². The van der Waals surface area contributed by atoms with Crippen LogP contribution in [0.3, 0.4) is 0 Å². The zero-order chi connectivity index (χ0) is 17.5. The fraction of sp³-hybridized carbons (Fsp3) is 0.250. The molecule has 0 saturated heterocycles. The number of guanidine groups is 1. The summed E-state index contributed by atoms with van der Waals surface area (Å²) in [5.41, 5.74) is 3.61. The Kier molecular flexibility index (Phi) is 8.25. The molecule has 138 valence electrons. The molecule has 1 aliphatic rings. The third kappa shape index (κ3) is 5.92. The smallest absolute Gasteiger partial charge is 0.191 e. The molecule has 0 aromatic heterocycles. The zero-order valence-electron chi connectivity index (χ0n) is 14.8. The van der Waals surface area contributed by atoms with Crippen LogP contribution in [0, 0.1) is 0 Å². The van der Waals surface area contributed by atoms with Gasteiger partial charge in [0, 0.05) is 43.9 Å². The predicted octanol–water partition coefficient (Wildman–Crippen LogP) is 4.20. The van der Waals surface area contributed by atoms with Crippen LogP contribution in [0.1, 0.15) is 11.1 Å². The summed E-state index contributed by atoms with van der Waals surface area (Å²) in [4.78, 5) is 6.60. The molecule has 1 aliphatic heterocycles. The van der Waals surface area contributed by atoms with Gasteiger partial charge in [-0.05, 0) is 35.4 Å². The van der Waals surface area contributed by atoms with Crippen LogP contribution in [0.5, 0.6) is 0 Å². The van der Waals surface area contributed by atoms with Crippen LogP contribution in [0.4, 0.5) is 5.69 Å². The van der Waals surface area contributed by atoms with Crippen molar-refractivity contribution in [3.63, 3.8) is 0 Å². The van der Waals surface area contributed by atoms with Crippen molar-refractivity contribution in [2.45, 2.75) is 13.1 Å². The molecule has 2 aromatic carbocycles. The second kappa shape index (κ2) is 10.4. The normalized spacial score (nSPS) is 13.5. The summed E-state index contributed by atoms with van der Waals surface area (Å²) in [6.45, 7) is 3.41. The van der Waals surface area contributed by atoms with Gasteiger partial charge in [0.25, 0.3) is 0 Å². The van der Waals surface area contributed by atoms with Gasteiger partial charge in [-0.15, -0.1) is 24.0 Å². The summed E-state index contributed by atoms with van der Waals surface area (Å²) >= 11 is 6.01. The van der Waals surface area contributed by atoms with Gasteiger partial charge in [-0.1, -0.05) is 48.0 Å². The monoisotopic (exact) mass is 482 g/mol. The van der Waals surface area contributed by atoms with E-state index in [4.69, 9.17) is 11.6 Å². The van der Waals surface area contributed by atoms with Gasteiger partial charge in [-0.25, -0.2) is 0 Å². The predicted molar refractivity (Wildman–Crippen MR) is 122 cm³/mol. The van der Waals surface area contributed by atoms with Gasteiger partial charge in [-0.3, -0.25) is 4.99 Å². The van der Waals surface area contributed by atoms with Crippen LogP contribution in [0.2, 0.25) is 5.02 Å². The minimum absolute atomic E-state index is 0. The van der Waals surface area contributed by atoms with E-state index < -0.39 is 0 Å². The van der Waals surface area contributed by atoms with E-state index in [0.29, 0.717) is 6.54 Å². The SMILES string of the molecule is CN=C(NCc1ccc(N2CC=CC2)cc1)NCc1cccc(Cl)c1.I. The molecule has 0 spiro atoms. The Labute approximate surface area is 177 Å². The van der Waals surface area contributed by atoms with E-state index in [9.17, 15) is 0 Å². The number of halogens is 2. The number of hydrogen-bond acceptors (Lipinski definition) is 2. The van der Waals surface area contributed by atoms with Crippen molar-refractivity contribution in [2.24, 2.45) is 4.99 Å². The lowest BCUT2D eigenvalue weighted by Crippen LogP contribution is -2.36. The van der Waals surface area contributed by atoms with E-state index >= 15 is 0 Å². The minimum Gasteiger partial charge on any atom is -0.364 e. The number of rotatable bonds is 5. The van der Waals surface area contributed by atoms with E-state index in [1.165, 1.54) is 11.3 Å². The Morgan fingerprint density at radius 1 is 1.00 bits per heavy atom. The molecule has 0 aliphatic carbocycles. The molecule has 0 saturated carbocycles. The van der Waals surface area contributed by atoms with Crippen molar-refractivity contribution < 1.29 is 0 Å². The molecule has 6 heteroatoms. The maximum Gasteiger partial charge on any atom is 0.191 e. The molecular formula is C20H24ClIN4. The molecule has 3 rings (SSSR count). The molecule has 26 heavy (non-hydrogen) atoms. The Bertz CT molecular complexity index is 751. The molecule has 4 nitrogen and oxygen atoms in total. The number of benzene rings is 2. The maximum absolute atomic E-state index is 6.01. The summed E-state index contributed by atoms with van der Waals surface area (Å²) in [5, 5.41) is 7.39. The fourth-order valence-corrected chi connectivity index (χ4v) is 2.97. The average molecular weight is 483 g/mol. The van der Waals surface area contributed by atoms with Crippen molar-refractivity contribution in [2.75, 3.05) is 25.0 Å². The minimum atomic E-state index is 0. The highest BCUT2D eigenvalue weighted by Gasteiger charge is 2.07. The van der Waals surface area contributed by atoms with Crippen LogP contribution in [0.15, 0.2) is 65.7 Å². The Balaban J connectivity index is 0.00000243. The quantitative estimate of drug-likeness (QED) is 0.290. The zero-order valence-corrected chi connectivity index (χ0v) is 17.9. The van der Waals surface area contributed by atoms with E-state index in [1.807, 2.05) is 24.3 Å². The highest BCUT2D eigenvalue weighted by molar-refractivity contribution is 14.0. The standard InChI is InChI=1S/C20H23ClN4.HI/c1-22-20(24-15-17-5-4-6-18(21)13-17)23-14-16-7-9-19(10-8-16)25-11-2-3-12-25;/h2-10,13H,11-12,14-15H2,1H3,(H2,22,23,24);1H. The van der Waals surface area contributed by atoms with E-state index in [-0.39, 0.29) is 24.0 Å². The first-order valence-electron chi connectivity index (χ1n) is 8.42. The molecular weight excluding hydrogens is 459 g/mol. The molecule has 2 aromatic rings. The van der Waals surface area contributed by atoms with Crippen molar-refractivity contribution in [3.05, 3.63) is 76.8 Å². The van der Waals surface area contributed by atoms with Crippen LogP contribution in [0.25, 0.3) is 0 Å². The first-order valence-corrected chi connectivity index (χ1v) is 8.80. The van der Waals surface area contributed by atoms with Gasteiger partial charge in [0.05, 0.1) is 0 Å². The number of anilines is 1. The van der Waals surface area contributed by atoms with Crippen LogP contribution < -0.4 is 15.5 Å². The number of nitrogens with zero attached hydrogens (tertiary/aromatic N) is 2. The average Bonchev–Trinajstić information content (AvgIpc) is 3.17. The van der Waals surface area contributed by atoms with Gasteiger partial charge in [0.15, 0.2) is 5.96 Å². The first-order chi connectivity index (χ1) is 12.2. The molecule has 1 heterocycles. The van der Waals surface area contributed by atoms with Gasteiger partial charge in [-0.2, -0.15) is 0 Å². The second-order valence-electron chi connectivity index (χ2n) is 5.95. The first kappa shape index (κ1) is 20.6. The van der Waals surface area contributed by atoms with Crippen molar-refractivity contribution in [1.82, 2.24) is 10.6 Å². The van der Waals surface area contributed by atoms with Crippen molar-refractivity contribution in [1.29, 1.82) is 0 Å². The number of nitrogens with one attached hydrogen (secondary N) is 2. The maximum atomic E-state index is 6.01. The van der Waals surface area contributed by atoms with Crippen LogP contribution in [-0.4, -0.2) is 26.1 Å². The third-order valence-corrected chi connectivity index (χ3v) is 4.39. The van der Waals surface area contributed by atoms with Crippen LogP contribution in [-0.2, 0) is 13.1 Å². The topological polar surface area (TPSA) is 39.7 Å². The van der Waals surface area contributed by atoms with Gasteiger partial charge < -0.3 is 15.5 Å². The van der Waals surface area contributed by atoms with Crippen molar-refractivity contribution in [3.8, 4) is 0 Å². The molecule has 0 bridgehead atoms. The highest BCUT2D eigenvalue weighted by atomic mass is 127. The van der Waals surface area contributed by atoms with Gasteiger partial charge in [0.2, 0.25) is 0 Å². The summed E-state index contributed by atoms with van der Waals surface area (Å²) in [7, 11) is 1.77. The molecule has 0 radical (unpaired) electrons. The molecule has 0 unspecified atom stereocenters. The Morgan fingerprint density at radius 2 is 1.65 bits per heavy atom. The molecule has 0 atom stereocenters. The van der Waals surface area contributed by atoms with E-state index in [0.717, 1.165) is 36.2 Å². The number of aliphatic imine (C=N–C) groups is 1. The van der Waals surface area contributed by atoms with Crippen LogP contribution >= 0.6 is 35.6 Å². The third-order valence-electron chi connectivity index (χ3n) is 4.15. The van der Waals surface area contributed by atoms with Gasteiger partial charge >= 0.3 is 0 Å². The lowest BCUT2D eigenvalue weighted by molar-refractivity contribution is 0.809. The lowest BCUT2D eigenvalue weighted by Gasteiger charge is -2.18. The summed E-state index contributed by atoms with van der Waals surface area (Å²) < 4.78 is 0. The molecule has 0 amide bonds. The Hall–Kier alpha value is -1.73. The van der Waals surface area contributed by atoms with E-state index in [2.05, 4.69) is 56.9 Å². The Morgan fingerprint density at radius 3 is 2.27 bits per heavy atom. The number of hydrogen-bond donors (Lipinski definition) is 2. The summed E-state index contributed by atoms with van der Waals surface area (Å²) in [6.07, 6.45) is 4.40. The van der Waals surface area contributed by atoms with E-state index in [1.54, 1.807) is 7.05 Å². The fourth-order valence-electron chi connectivity index (χ4n) is 2.75. The summed E-state index contributed by atoms with van der Waals surface area (Å²) in [5.74, 6) is 0.771. The largest absolute Gasteiger partial charge is 0.364 e.